The van der Waals surface area contributed by atoms with Crippen LogP contribution in [0.2, 0.25) is 0 Å². The minimum absolute atomic E-state index is 0.321. The molecule has 116 valence electrons. The van der Waals surface area contributed by atoms with Crippen LogP contribution in [0.15, 0.2) is 54.6 Å². The summed E-state index contributed by atoms with van der Waals surface area (Å²) in [5, 5.41) is 0. The standard InChI is InChI=1S/C21H18F2/c1-13-4-6-16(7-5-13)17-8-9-19(14(2)10-17)18-11-15(3)21(23)20(22)12-18/h4-12H,1-3H3. The second-order valence-electron chi connectivity index (χ2n) is 5.98. The predicted octanol–water partition coefficient (Wildman–Crippen LogP) is 6.22. The van der Waals surface area contributed by atoms with E-state index in [4.69, 9.17) is 0 Å². The molecule has 0 atom stereocenters. The van der Waals surface area contributed by atoms with Gasteiger partial charge in [0.15, 0.2) is 11.6 Å². The summed E-state index contributed by atoms with van der Waals surface area (Å²) >= 11 is 0. The Morgan fingerprint density at radius 3 is 1.83 bits per heavy atom. The average molecular weight is 308 g/mol. The third-order valence-electron chi connectivity index (χ3n) is 4.13. The molecule has 0 saturated carbocycles. The topological polar surface area (TPSA) is 0 Å². The fraction of sp³-hybridized carbons (Fsp3) is 0.143. The molecule has 3 aromatic rings. The van der Waals surface area contributed by atoms with Crippen molar-refractivity contribution in [3.8, 4) is 22.3 Å². The summed E-state index contributed by atoms with van der Waals surface area (Å²) in [7, 11) is 0. The molecule has 0 aliphatic heterocycles. The maximum Gasteiger partial charge on any atom is 0.161 e. The number of hydrogen-bond acceptors (Lipinski definition) is 0. The lowest BCUT2D eigenvalue weighted by Crippen LogP contribution is -1.92. The molecule has 0 saturated heterocycles. The largest absolute Gasteiger partial charge is 0.204 e. The van der Waals surface area contributed by atoms with Gasteiger partial charge in [-0.1, -0.05) is 48.0 Å². The van der Waals surface area contributed by atoms with Crippen molar-refractivity contribution in [2.24, 2.45) is 0 Å². The van der Waals surface area contributed by atoms with Crippen molar-refractivity contribution < 1.29 is 8.78 Å². The molecule has 23 heavy (non-hydrogen) atoms. The molecule has 3 rings (SSSR count). The second-order valence-corrected chi connectivity index (χ2v) is 5.98. The average Bonchev–Trinajstić information content (AvgIpc) is 2.53. The van der Waals surface area contributed by atoms with E-state index in [1.54, 1.807) is 13.0 Å². The molecular weight excluding hydrogens is 290 g/mol. The Labute approximate surface area is 135 Å². The van der Waals surface area contributed by atoms with Crippen molar-refractivity contribution in [3.63, 3.8) is 0 Å². The molecule has 0 radical (unpaired) electrons. The molecule has 0 fully saturated rings. The molecule has 0 heterocycles. The minimum atomic E-state index is -0.804. The lowest BCUT2D eigenvalue weighted by Gasteiger charge is -2.11. The SMILES string of the molecule is Cc1ccc(-c2ccc(-c3cc(C)c(F)c(F)c3)c(C)c2)cc1. The zero-order valence-electron chi connectivity index (χ0n) is 13.5. The monoisotopic (exact) mass is 308 g/mol. The first kappa shape index (κ1) is 15.4. The molecule has 2 heteroatoms. The summed E-state index contributed by atoms with van der Waals surface area (Å²) in [6.07, 6.45) is 0. The molecule has 0 aliphatic rings. The predicted molar refractivity (Wildman–Crippen MR) is 91.4 cm³/mol. The fourth-order valence-electron chi connectivity index (χ4n) is 2.80. The zero-order chi connectivity index (χ0) is 16.6. The Bertz CT molecular complexity index is 839. The summed E-state index contributed by atoms with van der Waals surface area (Å²) in [5.74, 6) is -1.58. The summed E-state index contributed by atoms with van der Waals surface area (Å²) in [5.41, 5.74) is 6.46. The fourth-order valence-corrected chi connectivity index (χ4v) is 2.80. The van der Waals surface area contributed by atoms with Crippen LogP contribution in [0, 0.1) is 32.4 Å². The van der Waals surface area contributed by atoms with Crippen molar-refractivity contribution in [2.45, 2.75) is 20.8 Å². The van der Waals surface area contributed by atoms with Gasteiger partial charge in [0.2, 0.25) is 0 Å². The van der Waals surface area contributed by atoms with E-state index in [2.05, 4.69) is 37.3 Å². The maximum atomic E-state index is 13.7. The molecule has 3 aromatic carbocycles. The number of hydrogen-bond donors (Lipinski definition) is 0. The van der Waals surface area contributed by atoms with Crippen molar-refractivity contribution in [2.75, 3.05) is 0 Å². The first-order valence-corrected chi connectivity index (χ1v) is 7.59. The number of aryl methyl sites for hydroxylation is 3. The quantitative estimate of drug-likeness (QED) is 0.527. The third kappa shape index (κ3) is 3.02. The second kappa shape index (κ2) is 5.96. The maximum absolute atomic E-state index is 13.7. The van der Waals surface area contributed by atoms with Gasteiger partial charge in [0.05, 0.1) is 0 Å². The summed E-state index contributed by atoms with van der Waals surface area (Å²) in [6.45, 7) is 5.63. The van der Waals surface area contributed by atoms with E-state index in [-0.39, 0.29) is 0 Å². The van der Waals surface area contributed by atoms with Gasteiger partial charge in [0, 0.05) is 0 Å². The van der Waals surface area contributed by atoms with Crippen molar-refractivity contribution in [1.29, 1.82) is 0 Å². The first-order chi connectivity index (χ1) is 11.0. The van der Waals surface area contributed by atoms with Gasteiger partial charge in [0.25, 0.3) is 0 Å². The number of rotatable bonds is 2. The highest BCUT2D eigenvalue weighted by Gasteiger charge is 2.11. The van der Waals surface area contributed by atoms with E-state index < -0.39 is 11.6 Å². The summed E-state index contributed by atoms with van der Waals surface area (Å²) < 4.78 is 27.1. The normalized spacial score (nSPS) is 10.8. The van der Waals surface area contributed by atoms with Crippen molar-refractivity contribution in [1.82, 2.24) is 0 Å². The van der Waals surface area contributed by atoms with E-state index in [1.807, 2.05) is 19.1 Å². The van der Waals surface area contributed by atoms with E-state index in [0.717, 1.165) is 22.3 Å². The van der Waals surface area contributed by atoms with E-state index in [0.29, 0.717) is 11.1 Å². The number of benzene rings is 3. The van der Waals surface area contributed by atoms with Gasteiger partial charge in [-0.2, -0.15) is 0 Å². The molecule has 0 N–H and O–H groups in total. The highest BCUT2D eigenvalue weighted by molar-refractivity contribution is 5.74. The Balaban J connectivity index is 2.04. The van der Waals surface area contributed by atoms with Gasteiger partial charge in [-0.05, 0) is 66.3 Å². The van der Waals surface area contributed by atoms with Gasteiger partial charge >= 0.3 is 0 Å². The lowest BCUT2D eigenvalue weighted by atomic mass is 9.94. The molecule has 0 bridgehead atoms. The van der Waals surface area contributed by atoms with Gasteiger partial charge < -0.3 is 0 Å². The van der Waals surface area contributed by atoms with Gasteiger partial charge in [0.1, 0.15) is 0 Å². The Morgan fingerprint density at radius 2 is 1.22 bits per heavy atom. The van der Waals surface area contributed by atoms with Crippen LogP contribution < -0.4 is 0 Å². The molecule has 0 nitrogen and oxygen atoms in total. The number of halogens is 2. The van der Waals surface area contributed by atoms with E-state index in [1.165, 1.54) is 11.6 Å². The van der Waals surface area contributed by atoms with Gasteiger partial charge in [-0.15, -0.1) is 0 Å². The summed E-state index contributed by atoms with van der Waals surface area (Å²) in [4.78, 5) is 0. The molecular formula is C21H18F2. The minimum Gasteiger partial charge on any atom is -0.204 e. The van der Waals surface area contributed by atoms with Gasteiger partial charge in [-0.25, -0.2) is 8.78 Å². The lowest BCUT2D eigenvalue weighted by molar-refractivity contribution is 0.503. The van der Waals surface area contributed by atoms with Crippen LogP contribution in [0.25, 0.3) is 22.3 Å². The van der Waals surface area contributed by atoms with Crippen LogP contribution in [0.1, 0.15) is 16.7 Å². The Kier molecular flexibility index (Phi) is 3.99. The van der Waals surface area contributed by atoms with E-state index in [9.17, 15) is 8.78 Å². The highest BCUT2D eigenvalue weighted by Crippen LogP contribution is 2.30. The molecule has 0 aliphatic carbocycles. The summed E-state index contributed by atoms with van der Waals surface area (Å²) in [6, 6.07) is 17.4. The van der Waals surface area contributed by atoms with Gasteiger partial charge in [-0.3, -0.25) is 0 Å². The molecule has 0 aromatic heterocycles. The zero-order valence-corrected chi connectivity index (χ0v) is 13.5. The van der Waals surface area contributed by atoms with Crippen LogP contribution in [-0.2, 0) is 0 Å². The van der Waals surface area contributed by atoms with Crippen molar-refractivity contribution >= 4 is 0 Å². The third-order valence-corrected chi connectivity index (χ3v) is 4.13. The van der Waals surface area contributed by atoms with E-state index >= 15 is 0 Å². The smallest absolute Gasteiger partial charge is 0.161 e. The molecule has 0 unspecified atom stereocenters. The van der Waals surface area contributed by atoms with Crippen molar-refractivity contribution in [3.05, 3.63) is 82.9 Å². The van der Waals surface area contributed by atoms with Crippen LogP contribution in [0.4, 0.5) is 8.78 Å². The van der Waals surface area contributed by atoms with Crippen LogP contribution in [0.3, 0.4) is 0 Å². The van der Waals surface area contributed by atoms with Crippen LogP contribution in [-0.4, -0.2) is 0 Å². The molecule has 0 amide bonds. The van der Waals surface area contributed by atoms with Crippen LogP contribution in [0.5, 0.6) is 0 Å². The van der Waals surface area contributed by atoms with Crippen LogP contribution >= 0.6 is 0 Å². The molecule has 0 spiro atoms. The highest BCUT2D eigenvalue weighted by atomic mass is 19.2. The Hall–Kier alpha value is -2.48. The Morgan fingerprint density at radius 1 is 0.609 bits per heavy atom. The first-order valence-electron chi connectivity index (χ1n) is 7.59.